The van der Waals surface area contributed by atoms with Crippen molar-refractivity contribution >= 4 is 17.3 Å². The van der Waals surface area contributed by atoms with E-state index in [0.29, 0.717) is 6.42 Å². The highest BCUT2D eigenvalue weighted by atomic mass is 32.1. The number of hydrogen-bond donors (Lipinski definition) is 2. The summed E-state index contributed by atoms with van der Waals surface area (Å²) in [6.07, 6.45) is 2.87. The van der Waals surface area contributed by atoms with Crippen molar-refractivity contribution in [2.75, 3.05) is 0 Å². The number of rotatable bonds is 3. The van der Waals surface area contributed by atoms with Crippen molar-refractivity contribution in [1.29, 1.82) is 0 Å². The Morgan fingerprint density at radius 2 is 2.06 bits per heavy atom. The smallest absolute Gasteiger partial charge is 0.306 e. The van der Waals surface area contributed by atoms with Gasteiger partial charge in [-0.1, -0.05) is 12.8 Å². The van der Waals surface area contributed by atoms with Gasteiger partial charge in [0.05, 0.1) is 12.0 Å². The van der Waals surface area contributed by atoms with E-state index in [0.717, 1.165) is 29.7 Å². The molecule has 3 nitrogen and oxygen atoms in total. The van der Waals surface area contributed by atoms with Gasteiger partial charge in [-0.2, -0.15) is 0 Å². The number of aryl methyl sites for hydroxylation is 2. The summed E-state index contributed by atoms with van der Waals surface area (Å²) in [4.78, 5) is 13.4. The molecule has 0 amide bonds. The van der Waals surface area contributed by atoms with Crippen molar-refractivity contribution < 1.29 is 15.0 Å². The molecule has 2 N–H and O–H groups in total. The SMILES string of the molecule is Cc1cc(C)c(C(O)C2CCCCC2C(=O)O)s1. The molecule has 1 saturated carbocycles. The zero-order chi connectivity index (χ0) is 13.3. The minimum absolute atomic E-state index is 0.131. The molecule has 1 aliphatic carbocycles. The van der Waals surface area contributed by atoms with Gasteiger partial charge in [0.1, 0.15) is 0 Å². The normalized spacial score (nSPS) is 25.9. The van der Waals surface area contributed by atoms with Gasteiger partial charge in [0.25, 0.3) is 0 Å². The summed E-state index contributed by atoms with van der Waals surface area (Å²) < 4.78 is 0. The Bertz CT molecular complexity index is 438. The van der Waals surface area contributed by atoms with E-state index in [9.17, 15) is 15.0 Å². The molecule has 18 heavy (non-hydrogen) atoms. The molecule has 1 fully saturated rings. The topological polar surface area (TPSA) is 57.5 Å². The van der Waals surface area contributed by atoms with Gasteiger partial charge in [-0.05, 0) is 38.3 Å². The van der Waals surface area contributed by atoms with Crippen LogP contribution in [0, 0.1) is 25.7 Å². The molecule has 0 saturated heterocycles. The van der Waals surface area contributed by atoms with Crippen LogP contribution in [0.2, 0.25) is 0 Å². The number of aliphatic hydroxyl groups is 1. The van der Waals surface area contributed by atoms with Crippen LogP contribution in [-0.4, -0.2) is 16.2 Å². The molecule has 1 aliphatic rings. The van der Waals surface area contributed by atoms with E-state index in [4.69, 9.17) is 0 Å². The molecule has 1 aromatic heterocycles. The summed E-state index contributed by atoms with van der Waals surface area (Å²) in [5.41, 5.74) is 1.08. The van der Waals surface area contributed by atoms with Crippen molar-refractivity contribution in [3.05, 3.63) is 21.4 Å². The van der Waals surface area contributed by atoms with Crippen LogP contribution in [0.3, 0.4) is 0 Å². The first-order valence-electron chi connectivity index (χ1n) is 6.48. The molecule has 4 heteroatoms. The standard InChI is InChI=1S/C14H20O3S/c1-8-7-9(2)18-13(8)12(15)10-5-3-4-6-11(10)14(16)17/h7,10-12,15H,3-6H2,1-2H3,(H,16,17). The number of carbonyl (C=O) groups is 1. The van der Waals surface area contributed by atoms with Crippen LogP contribution in [0.25, 0.3) is 0 Å². The number of hydrogen-bond acceptors (Lipinski definition) is 3. The fourth-order valence-corrected chi connectivity index (χ4v) is 4.09. The molecule has 3 unspecified atom stereocenters. The second-order valence-electron chi connectivity index (χ2n) is 5.24. The Labute approximate surface area is 111 Å². The number of aliphatic carboxylic acids is 1. The molecule has 1 aromatic rings. The molecule has 0 aliphatic heterocycles. The summed E-state index contributed by atoms with van der Waals surface area (Å²) in [5, 5.41) is 19.8. The Morgan fingerprint density at radius 1 is 1.39 bits per heavy atom. The van der Waals surface area contributed by atoms with E-state index < -0.39 is 18.0 Å². The van der Waals surface area contributed by atoms with Crippen LogP contribution >= 0.6 is 11.3 Å². The van der Waals surface area contributed by atoms with Gasteiger partial charge < -0.3 is 10.2 Å². The minimum atomic E-state index is -0.760. The molecule has 0 radical (unpaired) electrons. The maximum absolute atomic E-state index is 11.3. The Hall–Kier alpha value is -0.870. The van der Waals surface area contributed by atoms with E-state index >= 15 is 0 Å². The monoisotopic (exact) mass is 268 g/mol. The first kappa shape index (κ1) is 13.6. The van der Waals surface area contributed by atoms with Crippen molar-refractivity contribution in [3.63, 3.8) is 0 Å². The largest absolute Gasteiger partial charge is 0.481 e. The fourth-order valence-electron chi connectivity index (χ4n) is 2.99. The van der Waals surface area contributed by atoms with Gasteiger partial charge in [0.15, 0.2) is 0 Å². The average molecular weight is 268 g/mol. The first-order valence-corrected chi connectivity index (χ1v) is 7.30. The fraction of sp³-hybridized carbons (Fsp3) is 0.643. The van der Waals surface area contributed by atoms with Crippen LogP contribution in [-0.2, 0) is 4.79 Å². The minimum Gasteiger partial charge on any atom is -0.481 e. The van der Waals surface area contributed by atoms with Crippen LogP contribution in [0.5, 0.6) is 0 Å². The van der Waals surface area contributed by atoms with Gasteiger partial charge >= 0.3 is 5.97 Å². The Balaban J connectivity index is 2.23. The van der Waals surface area contributed by atoms with E-state index in [1.54, 1.807) is 11.3 Å². The number of carboxylic acid groups (broad SMARTS) is 1. The van der Waals surface area contributed by atoms with Crippen molar-refractivity contribution in [2.45, 2.75) is 45.6 Å². The molecule has 0 aromatic carbocycles. The highest BCUT2D eigenvalue weighted by molar-refractivity contribution is 7.12. The molecule has 0 bridgehead atoms. The lowest BCUT2D eigenvalue weighted by atomic mass is 9.75. The molecular weight excluding hydrogens is 248 g/mol. The number of thiophene rings is 1. The van der Waals surface area contributed by atoms with Gasteiger partial charge in [-0.25, -0.2) is 0 Å². The lowest BCUT2D eigenvalue weighted by Crippen LogP contribution is -2.31. The van der Waals surface area contributed by atoms with Crippen LogP contribution in [0.1, 0.15) is 47.1 Å². The Kier molecular flexibility index (Phi) is 4.07. The highest BCUT2D eigenvalue weighted by Gasteiger charge is 2.37. The molecule has 1 heterocycles. The molecule has 2 rings (SSSR count). The van der Waals surface area contributed by atoms with Crippen molar-refractivity contribution in [3.8, 4) is 0 Å². The maximum atomic E-state index is 11.3. The van der Waals surface area contributed by atoms with Crippen molar-refractivity contribution in [1.82, 2.24) is 0 Å². The third-order valence-corrected chi connectivity index (χ3v) is 5.11. The predicted molar refractivity (Wildman–Crippen MR) is 71.8 cm³/mol. The van der Waals surface area contributed by atoms with Crippen LogP contribution in [0.4, 0.5) is 0 Å². The van der Waals surface area contributed by atoms with Gasteiger partial charge in [0, 0.05) is 15.7 Å². The second-order valence-corrected chi connectivity index (χ2v) is 6.53. The lowest BCUT2D eigenvalue weighted by molar-refractivity contribution is -0.147. The third kappa shape index (κ3) is 2.59. The predicted octanol–water partition coefficient (Wildman–Crippen LogP) is 3.29. The van der Waals surface area contributed by atoms with E-state index in [2.05, 4.69) is 6.07 Å². The molecule has 3 atom stereocenters. The molecule has 100 valence electrons. The van der Waals surface area contributed by atoms with Crippen molar-refractivity contribution in [2.24, 2.45) is 11.8 Å². The highest BCUT2D eigenvalue weighted by Crippen LogP contribution is 2.41. The Morgan fingerprint density at radius 3 is 2.61 bits per heavy atom. The van der Waals surface area contributed by atoms with Crippen LogP contribution in [0.15, 0.2) is 6.07 Å². The van der Waals surface area contributed by atoms with E-state index in [1.807, 2.05) is 13.8 Å². The van der Waals surface area contributed by atoms with Crippen LogP contribution < -0.4 is 0 Å². The summed E-state index contributed by atoms with van der Waals surface area (Å²) >= 11 is 1.59. The third-order valence-electron chi connectivity index (χ3n) is 3.89. The average Bonchev–Trinajstić information content (AvgIpc) is 2.67. The van der Waals surface area contributed by atoms with E-state index in [-0.39, 0.29) is 5.92 Å². The summed E-state index contributed by atoms with van der Waals surface area (Å²) in [7, 11) is 0. The summed E-state index contributed by atoms with van der Waals surface area (Å²) in [5.74, 6) is -1.28. The van der Waals surface area contributed by atoms with E-state index in [1.165, 1.54) is 4.88 Å². The molecular formula is C14H20O3S. The second kappa shape index (κ2) is 5.41. The zero-order valence-electron chi connectivity index (χ0n) is 10.8. The van der Waals surface area contributed by atoms with Gasteiger partial charge in [0.2, 0.25) is 0 Å². The van der Waals surface area contributed by atoms with Gasteiger partial charge in [-0.15, -0.1) is 11.3 Å². The quantitative estimate of drug-likeness (QED) is 0.884. The number of aliphatic hydroxyl groups excluding tert-OH is 1. The zero-order valence-corrected chi connectivity index (χ0v) is 11.7. The summed E-state index contributed by atoms with van der Waals surface area (Å²) in [6.45, 7) is 4.00. The van der Waals surface area contributed by atoms with Gasteiger partial charge in [-0.3, -0.25) is 4.79 Å². The number of carboxylic acids is 1. The molecule has 0 spiro atoms. The maximum Gasteiger partial charge on any atom is 0.306 e. The lowest BCUT2D eigenvalue weighted by Gasteiger charge is -2.32. The summed E-state index contributed by atoms with van der Waals surface area (Å²) in [6, 6.07) is 2.06. The first-order chi connectivity index (χ1) is 8.50.